The minimum absolute atomic E-state index is 0.143. The number of carbonyl (C=O) groups excluding carboxylic acids is 1. The molecular weight excluding hydrogens is 306 g/mol. The maximum Gasteiger partial charge on any atom is 0.271 e. The summed E-state index contributed by atoms with van der Waals surface area (Å²) in [6.45, 7) is 0.697. The van der Waals surface area contributed by atoms with Gasteiger partial charge in [0, 0.05) is 29.8 Å². The fourth-order valence-corrected chi connectivity index (χ4v) is 2.30. The topological polar surface area (TPSA) is 120 Å². The molecule has 0 radical (unpaired) electrons. The van der Waals surface area contributed by atoms with Crippen molar-refractivity contribution in [3.8, 4) is 6.07 Å². The van der Waals surface area contributed by atoms with Crippen LogP contribution in [0.1, 0.15) is 0 Å². The molecule has 22 heavy (non-hydrogen) atoms. The Morgan fingerprint density at radius 2 is 2.36 bits per heavy atom. The van der Waals surface area contributed by atoms with E-state index in [0.29, 0.717) is 11.7 Å². The molecule has 0 saturated heterocycles. The molecule has 0 unspecified atom stereocenters. The van der Waals surface area contributed by atoms with Crippen LogP contribution < -0.4 is 10.6 Å². The molecule has 9 heteroatoms. The number of carbonyl (C=O) groups is 1. The molecular formula is C13H11N5O3S. The largest absolute Gasteiger partial charge is 0.340 e. The average molecular weight is 317 g/mol. The van der Waals surface area contributed by atoms with Crippen molar-refractivity contribution in [3.05, 3.63) is 46.2 Å². The summed E-state index contributed by atoms with van der Waals surface area (Å²) >= 11 is 1.49. The van der Waals surface area contributed by atoms with Crippen LogP contribution in [0, 0.1) is 21.4 Å². The van der Waals surface area contributed by atoms with E-state index in [0.717, 1.165) is 5.75 Å². The Bertz CT molecular complexity index is 708. The van der Waals surface area contributed by atoms with Crippen LogP contribution in [0.4, 0.5) is 11.4 Å². The summed E-state index contributed by atoms with van der Waals surface area (Å²) in [4.78, 5) is 26.2. The number of benzene rings is 1. The van der Waals surface area contributed by atoms with E-state index in [1.54, 1.807) is 6.07 Å². The van der Waals surface area contributed by atoms with Gasteiger partial charge in [-0.05, 0) is 6.07 Å². The predicted molar refractivity (Wildman–Crippen MR) is 83.3 cm³/mol. The summed E-state index contributed by atoms with van der Waals surface area (Å²) in [5, 5.41) is 25.6. The van der Waals surface area contributed by atoms with Crippen molar-refractivity contribution >= 4 is 34.2 Å². The van der Waals surface area contributed by atoms with Gasteiger partial charge in [0.1, 0.15) is 11.6 Å². The minimum Gasteiger partial charge on any atom is -0.340 e. The Morgan fingerprint density at radius 1 is 1.55 bits per heavy atom. The lowest BCUT2D eigenvalue weighted by atomic mass is 10.2. The predicted octanol–water partition coefficient (Wildman–Crippen LogP) is 1.63. The van der Waals surface area contributed by atoms with Crippen molar-refractivity contribution in [1.29, 1.82) is 5.26 Å². The zero-order valence-corrected chi connectivity index (χ0v) is 12.1. The lowest BCUT2D eigenvalue weighted by Gasteiger charge is -2.04. The highest BCUT2D eigenvalue weighted by Crippen LogP contribution is 2.17. The molecule has 0 atom stereocenters. The van der Waals surface area contributed by atoms with Gasteiger partial charge in [-0.1, -0.05) is 17.8 Å². The van der Waals surface area contributed by atoms with Crippen LogP contribution in [0.15, 0.2) is 41.0 Å². The first kappa shape index (κ1) is 15.5. The summed E-state index contributed by atoms with van der Waals surface area (Å²) in [5.41, 5.74) is -0.0511. The number of nitrogens with one attached hydrogen (secondary N) is 2. The van der Waals surface area contributed by atoms with E-state index in [1.807, 2.05) is 0 Å². The Hall–Kier alpha value is -2.86. The Balaban J connectivity index is 2.06. The van der Waals surface area contributed by atoms with Crippen LogP contribution >= 0.6 is 11.8 Å². The number of aliphatic imine (C=N–C) groups is 1. The van der Waals surface area contributed by atoms with Crippen LogP contribution in [0.25, 0.3) is 0 Å². The van der Waals surface area contributed by atoms with Crippen LogP contribution in [0.2, 0.25) is 0 Å². The summed E-state index contributed by atoms with van der Waals surface area (Å²) < 4.78 is 0. The van der Waals surface area contributed by atoms with Crippen molar-refractivity contribution in [2.24, 2.45) is 4.99 Å². The van der Waals surface area contributed by atoms with Crippen LogP contribution in [0.3, 0.4) is 0 Å². The van der Waals surface area contributed by atoms with Gasteiger partial charge >= 0.3 is 0 Å². The third-order valence-corrected chi connectivity index (χ3v) is 3.51. The molecule has 0 spiro atoms. The standard InChI is InChI=1S/C13H11N5O3S/c14-7-9(8-16-13-15-4-5-22-13)12(19)17-10-2-1-3-11(6-10)18(20)21/h1-3,6,8H,4-5H2,(H,15,16)(H,17,19)/b9-8-. The van der Waals surface area contributed by atoms with E-state index >= 15 is 0 Å². The molecule has 0 bridgehead atoms. The molecule has 1 aliphatic rings. The molecule has 1 aliphatic heterocycles. The quantitative estimate of drug-likeness (QED) is 0.377. The van der Waals surface area contributed by atoms with Gasteiger partial charge in [-0.3, -0.25) is 19.9 Å². The third-order valence-electron chi connectivity index (χ3n) is 2.61. The second kappa shape index (κ2) is 7.24. The maximum absolute atomic E-state index is 12.0. The Kier molecular flexibility index (Phi) is 5.11. The number of nitriles is 1. The summed E-state index contributed by atoms with van der Waals surface area (Å²) in [6, 6.07) is 7.26. The van der Waals surface area contributed by atoms with E-state index in [2.05, 4.69) is 15.6 Å². The molecule has 0 fully saturated rings. The molecule has 1 amide bonds. The van der Waals surface area contributed by atoms with E-state index in [1.165, 1.54) is 42.2 Å². The fourth-order valence-electron chi connectivity index (χ4n) is 1.60. The van der Waals surface area contributed by atoms with Crippen molar-refractivity contribution in [2.45, 2.75) is 0 Å². The highest BCUT2D eigenvalue weighted by Gasteiger charge is 2.13. The molecule has 112 valence electrons. The van der Waals surface area contributed by atoms with Crippen molar-refractivity contribution in [2.75, 3.05) is 17.6 Å². The molecule has 1 aromatic rings. The number of amides is 1. The molecule has 1 heterocycles. The van der Waals surface area contributed by atoms with Gasteiger partial charge in [0.05, 0.1) is 11.5 Å². The van der Waals surface area contributed by atoms with Crippen LogP contribution in [-0.4, -0.2) is 28.3 Å². The Labute approximate surface area is 130 Å². The number of anilines is 1. The normalized spacial score (nSPS) is 14.0. The number of nitrogens with zero attached hydrogens (tertiary/aromatic N) is 3. The molecule has 0 aromatic heterocycles. The van der Waals surface area contributed by atoms with Gasteiger partial charge < -0.3 is 10.6 Å². The first-order chi connectivity index (χ1) is 10.6. The summed E-state index contributed by atoms with van der Waals surface area (Å²) in [5.74, 6) is 0.205. The van der Waals surface area contributed by atoms with E-state index in [9.17, 15) is 14.9 Å². The number of thioether (sulfide) groups is 1. The van der Waals surface area contributed by atoms with Gasteiger partial charge in [-0.25, -0.2) is 0 Å². The number of amidine groups is 1. The van der Waals surface area contributed by atoms with E-state index in [4.69, 9.17) is 5.26 Å². The molecule has 0 saturated carbocycles. The van der Waals surface area contributed by atoms with Crippen LogP contribution in [0.5, 0.6) is 0 Å². The molecule has 2 N–H and O–H groups in total. The van der Waals surface area contributed by atoms with Gasteiger partial charge in [0.15, 0.2) is 5.17 Å². The molecule has 2 rings (SSSR count). The first-order valence-corrected chi connectivity index (χ1v) is 7.18. The van der Waals surface area contributed by atoms with Crippen molar-refractivity contribution in [1.82, 2.24) is 5.32 Å². The number of nitro benzene ring substituents is 1. The van der Waals surface area contributed by atoms with Gasteiger partial charge in [0.2, 0.25) is 0 Å². The zero-order chi connectivity index (χ0) is 15.9. The number of hydrogen-bond donors (Lipinski definition) is 2. The van der Waals surface area contributed by atoms with Crippen molar-refractivity contribution in [3.63, 3.8) is 0 Å². The SMILES string of the molecule is N#C/C(=C/NC1=NCCS1)C(=O)Nc1cccc([N+](=O)[O-])c1. The number of non-ortho nitro benzene ring substituents is 1. The number of nitro groups is 1. The molecule has 1 aromatic carbocycles. The lowest BCUT2D eigenvalue weighted by Crippen LogP contribution is -2.18. The number of rotatable bonds is 4. The summed E-state index contributed by atoms with van der Waals surface area (Å²) in [6.07, 6.45) is 1.27. The van der Waals surface area contributed by atoms with Gasteiger partial charge in [-0.2, -0.15) is 5.26 Å². The molecule has 0 aliphatic carbocycles. The van der Waals surface area contributed by atoms with E-state index < -0.39 is 10.8 Å². The van der Waals surface area contributed by atoms with Crippen molar-refractivity contribution < 1.29 is 9.72 Å². The summed E-state index contributed by atoms with van der Waals surface area (Å²) in [7, 11) is 0. The highest BCUT2D eigenvalue weighted by molar-refractivity contribution is 8.14. The van der Waals surface area contributed by atoms with Gasteiger partial charge in [-0.15, -0.1) is 0 Å². The van der Waals surface area contributed by atoms with Crippen LogP contribution in [-0.2, 0) is 4.79 Å². The smallest absolute Gasteiger partial charge is 0.271 e. The van der Waals surface area contributed by atoms with E-state index in [-0.39, 0.29) is 16.9 Å². The van der Waals surface area contributed by atoms with Gasteiger partial charge in [0.25, 0.3) is 11.6 Å². The third kappa shape index (κ3) is 4.07. The highest BCUT2D eigenvalue weighted by atomic mass is 32.2. The number of hydrogen-bond acceptors (Lipinski definition) is 7. The zero-order valence-electron chi connectivity index (χ0n) is 11.3. The Morgan fingerprint density at radius 3 is 3.00 bits per heavy atom. The fraction of sp³-hybridized carbons (Fsp3) is 0.154. The monoisotopic (exact) mass is 317 g/mol. The second-order valence-corrected chi connectivity index (χ2v) is 5.19. The maximum atomic E-state index is 12.0. The second-order valence-electron chi connectivity index (χ2n) is 4.11. The first-order valence-electron chi connectivity index (χ1n) is 6.20. The minimum atomic E-state index is -0.654. The molecule has 8 nitrogen and oxygen atoms in total. The lowest BCUT2D eigenvalue weighted by molar-refractivity contribution is -0.384. The average Bonchev–Trinajstić information content (AvgIpc) is 3.01.